The van der Waals surface area contributed by atoms with Crippen molar-refractivity contribution in [1.29, 1.82) is 0 Å². The number of halogens is 1. The van der Waals surface area contributed by atoms with Crippen LogP contribution < -0.4 is 10.1 Å². The third-order valence-electron chi connectivity index (χ3n) is 2.07. The molecule has 1 aromatic carbocycles. The number of nitrogens with one attached hydrogen (secondary N) is 1. The summed E-state index contributed by atoms with van der Waals surface area (Å²) in [6.07, 6.45) is -0.672. The number of hydrogen-bond donors (Lipinski definition) is 2. The number of hydrogen-bond acceptors (Lipinski definition) is 3. The zero-order valence-corrected chi connectivity index (χ0v) is 9.95. The Balaban J connectivity index is 2.26. The van der Waals surface area contributed by atoms with Crippen LogP contribution in [0.2, 0.25) is 0 Å². The molecule has 3 nitrogen and oxygen atoms in total. The molecule has 0 radical (unpaired) electrons. The molecule has 0 amide bonds. The van der Waals surface area contributed by atoms with Gasteiger partial charge in [-0.15, -0.1) is 0 Å². The number of aliphatic hydroxyl groups excluding tert-OH is 1. The molecular weight excluding hydrogens is 221 g/mol. The molecule has 1 atom stereocenters. The lowest BCUT2D eigenvalue weighted by molar-refractivity contribution is 0.105. The molecule has 0 saturated carbocycles. The maximum Gasteiger partial charge on any atom is 0.165 e. The second-order valence-electron chi connectivity index (χ2n) is 3.98. The van der Waals surface area contributed by atoms with E-state index in [-0.39, 0.29) is 12.4 Å². The van der Waals surface area contributed by atoms with E-state index >= 15 is 0 Å². The second-order valence-corrected chi connectivity index (χ2v) is 3.98. The van der Waals surface area contributed by atoms with Crippen LogP contribution in [0.1, 0.15) is 6.92 Å². The molecule has 0 saturated heterocycles. The first-order valence-electron chi connectivity index (χ1n) is 5.50. The maximum atomic E-state index is 13.2. The molecule has 0 bridgehead atoms. The molecule has 2 N–H and O–H groups in total. The predicted molar refractivity (Wildman–Crippen MR) is 65.6 cm³/mol. The molecular formula is C13H18FNO2. The Morgan fingerprint density at radius 1 is 1.53 bits per heavy atom. The Kier molecular flexibility index (Phi) is 5.66. The van der Waals surface area contributed by atoms with Gasteiger partial charge < -0.3 is 15.2 Å². The average molecular weight is 239 g/mol. The highest BCUT2D eigenvalue weighted by Crippen LogP contribution is 2.15. The van der Waals surface area contributed by atoms with Crippen molar-refractivity contribution in [2.24, 2.45) is 0 Å². The molecule has 0 aromatic heterocycles. The van der Waals surface area contributed by atoms with Crippen molar-refractivity contribution in [3.8, 4) is 5.75 Å². The standard InChI is InChI=1S/C13H18FNO2/c1-10(2)7-15-8-11(16)9-17-13-6-4-3-5-12(13)14/h3-6,11,15-16H,1,7-9H2,2H3. The van der Waals surface area contributed by atoms with Gasteiger partial charge in [-0.2, -0.15) is 0 Å². The molecule has 0 aliphatic carbocycles. The lowest BCUT2D eigenvalue weighted by Crippen LogP contribution is -2.32. The van der Waals surface area contributed by atoms with Crippen molar-refractivity contribution in [1.82, 2.24) is 5.32 Å². The molecule has 1 aromatic rings. The Morgan fingerprint density at radius 3 is 2.88 bits per heavy atom. The predicted octanol–water partition coefficient (Wildman–Crippen LogP) is 1.73. The lowest BCUT2D eigenvalue weighted by atomic mass is 10.3. The van der Waals surface area contributed by atoms with Crippen LogP contribution >= 0.6 is 0 Å². The monoisotopic (exact) mass is 239 g/mol. The van der Waals surface area contributed by atoms with E-state index in [1.54, 1.807) is 12.1 Å². The summed E-state index contributed by atoms with van der Waals surface area (Å²) >= 11 is 0. The van der Waals surface area contributed by atoms with Crippen molar-refractivity contribution in [3.63, 3.8) is 0 Å². The quantitative estimate of drug-likeness (QED) is 0.712. The molecule has 1 unspecified atom stereocenters. The Morgan fingerprint density at radius 2 is 2.24 bits per heavy atom. The molecule has 0 fully saturated rings. The summed E-state index contributed by atoms with van der Waals surface area (Å²) in [5, 5.41) is 12.6. The van der Waals surface area contributed by atoms with E-state index in [1.165, 1.54) is 12.1 Å². The summed E-state index contributed by atoms with van der Waals surface area (Å²) in [5.74, 6) is -0.263. The van der Waals surface area contributed by atoms with Crippen LogP contribution in [0.3, 0.4) is 0 Å². The van der Waals surface area contributed by atoms with Gasteiger partial charge in [-0.25, -0.2) is 4.39 Å². The van der Waals surface area contributed by atoms with Crippen LogP contribution in [0.25, 0.3) is 0 Å². The molecule has 94 valence electrons. The third kappa shape index (κ3) is 5.47. The number of benzene rings is 1. The zero-order chi connectivity index (χ0) is 12.7. The van der Waals surface area contributed by atoms with Crippen LogP contribution in [0, 0.1) is 5.82 Å². The Hall–Kier alpha value is -1.39. The van der Waals surface area contributed by atoms with Gasteiger partial charge in [0.1, 0.15) is 12.7 Å². The molecule has 0 spiro atoms. The van der Waals surface area contributed by atoms with Gasteiger partial charge in [-0.05, 0) is 19.1 Å². The van der Waals surface area contributed by atoms with Crippen LogP contribution in [0.4, 0.5) is 4.39 Å². The van der Waals surface area contributed by atoms with Crippen molar-refractivity contribution in [3.05, 3.63) is 42.2 Å². The molecule has 0 heterocycles. The van der Waals surface area contributed by atoms with Crippen LogP contribution in [0.15, 0.2) is 36.4 Å². The first-order valence-corrected chi connectivity index (χ1v) is 5.50. The van der Waals surface area contributed by atoms with Crippen molar-refractivity contribution in [2.45, 2.75) is 13.0 Å². The Labute approximate surface area is 101 Å². The summed E-state index contributed by atoms with van der Waals surface area (Å²) in [6.45, 7) is 6.73. The maximum absolute atomic E-state index is 13.2. The first kappa shape index (κ1) is 13.7. The smallest absolute Gasteiger partial charge is 0.165 e. The van der Waals surface area contributed by atoms with E-state index in [0.717, 1.165) is 5.57 Å². The van der Waals surface area contributed by atoms with Gasteiger partial charge >= 0.3 is 0 Å². The van der Waals surface area contributed by atoms with E-state index in [4.69, 9.17) is 4.74 Å². The molecule has 0 aliphatic rings. The summed E-state index contributed by atoms with van der Waals surface area (Å²) in [7, 11) is 0. The van der Waals surface area contributed by atoms with Gasteiger partial charge in [-0.3, -0.25) is 0 Å². The topological polar surface area (TPSA) is 41.5 Å². The van der Waals surface area contributed by atoms with Gasteiger partial charge in [0.05, 0.1) is 0 Å². The SMILES string of the molecule is C=C(C)CNCC(O)COc1ccccc1F. The van der Waals surface area contributed by atoms with E-state index in [9.17, 15) is 9.50 Å². The number of ether oxygens (including phenoxy) is 1. The van der Waals surface area contributed by atoms with E-state index in [0.29, 0.717) is 13.1 Å². The van der Waals surface area contributed by atoms with Crippen molar-refractivity contribution >= 4 is 0 Å². The second kappa shape index (κ2) is 7.04. The van der Waals surface area contributed by atoms with E-state index < -0.39 is 11.9 Å². The fourth-order valence-corrected chi connectivity index (χ4v) is 1.26. The fraction of sp³-hybridized carbons (Fsp3) is 0.385. The molecule has 4 heteroatoms. The third-order valence-corrected chi connectivity index (χ3v) is 2.07. The number of para-hydroxylation sites is 1. The minimum absolute atomic E-state index is 0.0596. The van der Waals surface area contributed by atoms with Crippen LogP contribution in [-0.2, 0) is 0 Å². The highest BCUT2D eigenvalue weighted by Gasteiger charge is 2.07. The minimum Gasteiger partial charge on any atom is -0.488 e. The van der Waals surface area contributed by atoms with Crippen molar-refractivity contribution < 1.29 is 14.2 Å². The van der Waals surface area contributed by atoms with Gasteiger partial charge in [0.25, 0.3) is 0 Å². The first-order chi connectivity index (χ1) is 8.09. The lowest BCUT2D eigenvalue weighted by Gasteiger charge is -2.13. The number of aliphatic hydroxyl groups is 1. The minimum atomic E-state index is -0.672. The van der Waals surface area contributed by atoms with E-state index in [1.807, 2.05) is 6.92 Å². The highest BCUT2D eigenvalue weighted by atomic mass is 19.1. The van der Waals surface area contributed by atoms with Gasteiger partial charge in [0.2, 0.25) is 0 Å². The molecule has 0 aliphatic heterocycles. The molecule has 17 heavy (non-hydrogen) atoms. The largest absolute Gasteiger partial charge is 0.488 e. The van der Waals surface area contributed by atoms with Gasteiger partial charge in [0, 0.05) is 13.1 Å². The van der Waals surface area contributed by atoms with Crippen LogP contribution in [-0.4, -0.2) is 30.9 Å². The summed E-state index contributed by atoms with van der Waals surface area (Å²) in [6, 6.07) is 6.13. The fourth-order valence-electron chi connectivity index (χ4n) is 1.26. The summed E-state index contributed by atoms with van der Waals surface area (Å²) in [5.41, 5.74) is 0.993. The molecule has 1 rings (SSSR count). The summed E-state index contributed by atoms with van der Waals surface area (Å²) < 4.78 is 18.3. The van der Waals surface area contributed by atoms with Crippen molar-refractivity contribution in [2.75, 3.05) is 19.7 Å². The van der Waals surface area contributed by atoms with Crippen LogP contribution in [0.5, 0.6) is 5.75 Å². The average Bonchev–Trinajstić information content (AvgIpc) is 2.27. The highest BCUT2D eigenvalue weighted by molar-refractivity contribution is 5.23. The Bertz CT molecular complexity index is 368. The number of rotatable bonds is 7. The van der Waals surface area contributed by atoms with Gasteiger partial charge in [0.15, 0.2) is 11.6 Å². The van der Waals surface area contributed by atoms with Gasteiger partial charge in [-0.1, -0.05) is 24.3 Å². The summed E-state index contributed by atoms with van der Waals surface area (Å²) in [4.78, 5) is 0. The zero-order valence-electron chi connectivity index (χ0n) is 9.95. The van der Waals surface area contributed by atoms with E-state index in [2.05, 4.69) is 11.9 Å². The normalized spacial score (nSPS) is 12.2.